The highest BCUT2D eigenvalue weighted by molar-refractivity contribution is 7.71. The first-order valence-electron chi connectivity index (χ1n) is 10.3. The molecule has 1 aliphatic heterocycles. The molecule has 3 N–H and O–H groups in total. The number of aromatic nitrogens is 4. The number of nitrogens with one attached hydrogen (secondary N) is 1. The van der Waals surface area contributed by atoms with Crippen molar-refractivity contribution in [3.05, 3.63) is 17.3 Å². The van der Waals surface area contributed by atoms with Crippen molar-refractivity contribution in [1.29, 1.82) is 0 Å². The van der Waals surface area contributed by atoms with E-state index in [1.807, 2.05) is 27.7 Å². The molecule has 166 valence electrons. The molecule has 30 heavy (non-hydrogen) atoms. The number of H-pyrrole nitrogens is 1. The van der Waals surface area contributed by atoms with Crippen LogP contribution in [0.3, 0.4) is 0 Å². The lowest BCUT2D eigenvalue weighted by molar-refractivity contribution is -0.0674. The summed E-state index contributed by atoms with van der Waals surface area (Å²) < 4.78 is 26.7. The average molecular weight is 458 g/mol. The van der Waals surface area contributed by atoms with Gasteiger partial charge in [-0.3, -0.25) is 4.57 Å². The molecule has 0 aromatic carbocycles. The van der Waals surface area contributed by atoms with Crippen LogP contribution in [0.25, 0.3) is 11.2 Å². The van der Waals surface area contributed by atoms with E-state index in [9.17, 15) is 14.8 Å². The fourth-order valence-electron chi connectivity index (χ4n) is 3.70. The Labute approximate surface area is 181 Å². The number of ether oxygens (including phenoxy) is 1. The van der Waals surface area contributed by atoms with Crippen LogP contribution in [0.4, 0.5) is 0 Å². The zero-order valence-corrected chi connectivity index (χ0v) is 19.4. The van der Waals surface area contributed by atoms with Gasteiger partial charge in [-0.2, -0.15) is 0 Å². The first-order valence-corrected chi connectivity index (χ1v) is 12.0. The zero-order chi connectivity index (χ0) is 22.1. The van der Waals surface area contributed by atoms with Crippen molar-refractivity contribution in [2.24, 2.45) is 0 Å². The summed E-state index contributed by atoms with van der Waals surface area (Å²) in [6.07, 6.45) is 1.42. The highest BCUT2D eigenvalue weighted by Gasteiger charge is 2.50. The van der Waals surface area contributed by atoms with Gasteiger partial charge in [0.2, 0.25) is 0 Å². The van der Waals surface area contributed by atoms with Gasteiger partial charge >= 0.3 is 8.03 Å². The molecule has 0 amide bonds. The van der Waals surface area contributed by atoms with Crippen molar-refractivity contribution in [2.75, 3.05) is 0 Å². The molecular weight excluding hydrogens is 427 g/mol. The van der Waals surface area contributed by atoms with E-state index in [-0.39, 0.29) is 5.66 Å². The van der Waals surface area contributed by atoms with Gasteiger partial charge < -0.3 is 19.9 Å². The summed E-state index contributed by atoms with van der Waals surface area (Å²) in [6.45, 7) is 7.81. The summed E-state index contributed by atoms with van der Waals surface area (Å²) in [4.78, 5) is 11.2. The number of aliphatic hydroxyl groups excluding tert-OH is 2. The highest BCUT2D eigenvalue weighted by atomic mass is 32.1. The SMILES string of the molecule is CCC(C)[P+](=O)OC(CC)(CC)C[C@H]1O[C@H](n2cnc3c(=S)nc[nH]c32)[C@H](O)C1O. The molecule has 11 heteroatoms. The Kier molecular flexibility index (Phi) is 7.37. The molecule has 1 saturated heterocycles. The molecule has 9 nitrogen and oxygen atoms in total. The van der Waals surface area contributed by atoms with E-state index in [1.165, 1.54) is 12.7 Å². The van der Waals surface area contributed by atoms with Gasteiger partial charge in [-0.25, -0.2) is 9.97 Å². The zero-order valence-electron chi connectivity index (χ0n) is 17.7. The van der Waals surface area contributed by atoms with E-state index in [0.29, 0.717) is 35.1 Å². The third kappa shape index (κ3) is 4.35. The number of fused-ring (bicyclic) bond motifs is 1. The van der Waals surface area contributed by atoms with Crippen LogP contribution in [0.15, 0.2) is 12.7 Å². The first kappa shape index (κ1) is 23.4. The van der Waals surface area contributed by atoms with Crippen LogP contribution in [0.2, 0.25) is 0 Å². The Balaban J connectivity index is 1.83. The van der Waals surface area contributed by atoms with Crippen LogP contribution in [-0.4, -0.2) is 59.3 Å². The predicted molar refractivity (Wildman–Crippen MR) is 115 cm³/mol. The van der Waals surface area contributed by atoms with Crippen molar-refractivity contribution in [2.45, 2.75) is 89.2 Å². The largest absolute Gasteiger partial charge is 0.511 e. The topological polar surface area (TPSA) is 122 Å². The molecule has 1 aliphatic rings. The fourth-order valence-corrected chi connectivity index (χ4v) is 5.09. The molecule has 0 spiro atoms. The maximum atomic E-state index is 12.6. The van der Waals surface area contributed by atoms with E-state index < -0.39 is 38.2 Å². The number of aromatic amines is 1. The Morgan fingerprint density at radius 3 is 2.67 bits per heavy atom. The van der Waals surface area contributed by atoms with Crippen LogP contribution in [0.1, 0.15) is 59.6 Å². The van der Waals surface area contributed by atoms with Crippen LogP contribution >= 0.6 is 20.2 Å². The first-order chi connectivity index (χ1) is 14.3. The highest BCUT2D eigenvalue weighted by Crippen LogP contribution is 2.44. The van der Waals surface area contributed by atoms with Crippen LogP contribution in [0, 0.1) is 4.64 Å². The maximum Gasteiger partial charge on any atom is 0.511 e. The minimum Gasteiger partial charge on any atom is -0.388 e. The van der Waals surface area contributed by atoms with E-state index in [4.69, 9.17) is 21.5 Å². The van der Waals surface area contributed by atoms with Gasteiger partial charge in [0.05, 0.1) is 18.8 Å². The molecule has 0 aliphatic carbocycles. The van der Waals surface area contributed by atoms with Gasteiger partial charge in [0.15, 0.2) is 16.5 Å². The number of rotatable bonds is 9. The normalized spacial score (nSPS) is 26.3. The minimum atomic E-state index is -1.85. The molecule has 3 heterocycles. The van der Waals surface area contributed by atoms with Gasteiger partial charge in [-0.1, -0.05) is 33.0 Å². The lowest BCUT2D eigenvalue weighted by Crippen LogP contribution is -2.39. The number of nitrogens with zero attached hydrogens (tertiary/aromatic N) is 3. The number of hydrogen-bond acceptors (Lipinski definition) is 8. The van der Waals surface area contributed by atoms with E-state index in [2.05, 4.69) is 15.0 Å². The quantitative estimate of drug-likeness (QED) is 0.386. The van der Waals surface area contributed by atoms with Crippen molar-refractivity contribution in [3.8, 4) is 0 Å². The average Bonchev–Trinajstić information content (AvgIpc) is 3.29. The second-order valence-corrected chi connectivity index (χ2v) is 9.85. The molecule has 0 bridgehead atoms. The summed E-state index contributed by atoms with van der Waals surface area (Å²) in [6, 6.07) is 0. The van der Waals surface area contributed by atoms with Gasteiger partial charge in [0.1, 0.15) is 29.0 Å². The Bertz CT molecular complexity index is 946. The van der Waals surface area contributed by atoms with Crippen molar-refractivity contribution < 1.29 is 24.0 Å². The molecule has 1 fully saturated rings. The smallest absolute Gasteiger partial charge is 0.388 e. The third-order valence-electron chi connectivity index (χ3n) is 6.09. The van der Waals surface area contributed by atoms with Gasteiger partial charge in [-0.05, 0) is 30.8 Å². The van der Waals surface area contributed by atoms with Gasteiger partial charge in [0, 0.05) is 6.42 Å². The number of aliphatic hydroxyl groups is 2. The fraction of sp³-hybridized carbons (Fsp3) is 0.737. The van der Waals surface area contributed by atoms with Crippen LogP contribution in [0.5, 0.6) is 0 Å². The second-order valence-electron chi connectivity index (χ2n) is 7.83. The van der Waals surface area contributed by atoms with Crippen molar-refractivity contribution in [3.63, 3.8) is 0 Å². The summed E-state index contributed by atoms with van der Waals surface area (Å²) in [5.41, 5.74) is 0.281. The Hall–Kier alpha value is -1.29. The van der Waals surface area contributed by atoms with Gasteiger partial charge in [0.25, 0.3) is 0 Å². The molecule has 6 atom stereocenters. The Morgan fingerprint density at radius 2 is 2.03 bits per heavy atom. The monoisotopic (exact) mass is 457 g/mol. The van der Waals surface area contributed by atoms with Crippen molar-refractivity contribution in [1.82, 2.24) is 19.5 Å². The van der Waals surface area contributed by atoms with E-state index in [0.717, 1.165) is 6.42 Å². The van der Waals surface area contributed by atoms with Crippen molar-refractivity contribution >= 4 is 31.4 Å². The summed E-state index contributed by atoms with van der Waals surface area (Å²) in [5, 5.41) is 21.4. The predicted octanol–water partition coefficient (Wildman–Crippen LogP) is 3.61. The second kappa shape index (κ2) is 9.46. The third-order valence-corrected chi connectivity index (χ3v) is 8.04. The number of imidazole rings is 1. The summed E-state index contributed by atoms with van der Waals surface area (Å²) in [5.74, 6) is 0. The molecule has 3 rings (SSSR count). The lowest BCUT2D eigenvalue weighted by atomic mass is 9.88. The Morgan fingerprint density at radius 1 is 1.33 bits per heavy atom. The molecule has 0 saturated carbocycles. The lowest BCUT2D eigenvalue weighted by Gasteiger charge is -2.29. The maximum absolute atomic E-state index is 12.6. The standard InChI is InChI=1S/C19H29N4O5PS/c1-5-11(4)29(26)28-19(6-2,7-3)8-12-14(24)15(25)18(27-12)23-10-22-13-16(23)20-9-21-17(13)30/h9-12,14-15,18,24-25H,5-8H2,1-4H3/p+1/t11?,12-,14?,15-,18+/m1/s1. The summed E-state index contributed by atoms with van der Waals surface area (Å²) in [7, 11) is -1.85. The molecule has 2 aromatic rings. The van der Waals surface area contributed by atoms with Crippen LogP contribution < -0.4 is 0 Å². The summed E-state index contributed by atoms with van der Waals surface area (Å²) >= 11 is 5.19. The van der Waals surface area contributed by atoms with Crippen LogP contribution in [-0.2, 0) is 13.8 Å². The minimum absolute atomic E-state index is 0.0562. The molecule has 2 aromatic heterocycles. The van der Waals surface area contributed by atoms with Gasteiger partial charge in [-0.15, -0.1) is 4.52 Å². The molecule has 0 radical (unpaired) electrons. The van der Waals surface area contributed by atoms with E-state index >= 15 is 0 Å². The molecule has 3 unspecified atom stereocenters. The van der Waals surface area contributed by atoms with E-state index in [1.54, 1.807) is 4.57 Å². The molecular formula is C19H30N4O5PS+. The number of hydrogen-bond donors (Lipinski definition) is 3.